The monoisotopic (exact) mass is 429 g/mol. The summed E-state index contributed by atoms with van der Waals surface area (Å²) in [5.74, 6) is 0.0693. The van der Waals surface area contributed by atoms with Gasteiger partial charge >= 0.3 is 0 Å². The smallest absolute Gasteiger partial charge is 0.249 e. The van der Waals surface area contributed by atoms with Gasteiger partial charge < -0.3 is 15.0 Å². The van der Waals surface area contributed by atoms with Gasteiger partial charge in [-0.1, -0.05) is 54.6 Å². The van der Waals surface area contributed by atoms with Crippen LogP contribution in [0, 0.1) is 0 Å². The summed E-state index contributed by atoms with van der Waals surface area (Å²) < 4.78 is 6.59. The van der Waals surface area contributed by atoms with Gasteiger partial charge in [-0.25, -0.2) is 4.98 Å². The van der Waals surface area contributed by atoms with Crippen molar-refractivity contribution in [2.75, 3.05) is 31.6 Å². The summed E-state index contributed by atoms with van der Waals surface area (Å²) in [6, 6.07) is 25.7. The fraction of sp³-hybridized carbons (Fsp3) is 0.200. The molecule has 31 heavy (non-hydrogen) atoms. The first-order valence-electron chi connectivity index (χ1n) is 10.4. The maximum atomic E-state index is 13.4. The van der Waals surface area contributed by atoms with Gasteiger partial charge in [-0.05, 0) is 29.8 Å². The fourth-order valence-electron chi connectivity index (χ4n) is 3.80. The average Bonchev–Trinajstić information content (AvgIpc) is 3.28. The van der Waals surface area contributed by atoms with E-state index in [0.29, 0.717) is 26.3 Å². The second-order valence-electron chi connectivity index (χ2n) is 7.49. The normalized spacial score (nSPS) is 15.0. The Bertz CT molecular complexity index is 1150. The number of nitrogens with zero attached hydrogens (tertiary/aromatic N) is 2. The average molecular weight is 430 g/mol. The van der Waals surface area contributed by atoms with Crippen molar-refractivity contribution in [2.45, 2.75) is 6.04 Å². The highest BCUT2D eigenvalue weighted by Crippen LogP contribution is 2.32. The lowest BCUT2D eigenvalue weighted by Gasteiger charge is -2.31. The summed E-state index contributed by atoms with van der Waals surface area (Å²) in [5.41, 5.74) is 3.89. The molecule has 1 atom stereocenters. The second kappa shape index (κ2) is 8.88. The zero-order valence-corrected chi connectivity index (χ0v) is 17.8. The Morgan fingerprint density at radius 1 is 0.968 bits per heavy atom. The minimum Gasteiger partial charge on any atom is -0.378 e. The predicted molar refractivity (Wildman–Crippen MR) is 125 cm³/mol. The molecule has 1 fully saturated rings. The Morgan fingerprint density at radius 2 is 1.74 bits per heavy atom. The van der Waals surface area contributed by atoms with Crippen LogP contribution in [0.1, 0.15) is 11.6 Å². The molecule has 0 radical (unpaired) electrons. The van der Waals surface area contributed by atoms with Gasteiger partial charge in [0.15, 0.2) is 0 Å². The zero-order chi connectivity index (χ0) is 21.0. The van der Waals surface area contributed by atoms with Crippen molar-refractivity contribution >= 4 is 33.1 Å². The van der Waals surface area contributed by atoms with E-state index in [4.69, 9.17) is 9.72 Å². The topological polar surface area (TPSA) is 54.5 Å². The molecule has 2 heterocycles. The standard InChI is InChI=1S/C25H23N3O2S/c29-25(28-13-15-30-16-14-28)23(18-7-2-1-3-8-18)26-20-10-6-9-19(17-20)24-27-21-11-4-5-12-22(21)31-24/h1-12,17,23,26H,13-16H2/t23-/m0/s1. The third kappa shape index (κ3) is 4.31. The van der Waals surface area contributed by atoms with Crippen LogP contribution in [0.2, 0.25) is 0 Å². The number of thiazole rings is 1. The van der Waals surface area contributed by atoms with E-state index in [1.807, 2.05) is 65.6 Å². The number of hydrogen-bond donors (Lipinski definition) is 1. The van der Waals surface area contributed by atoms with Crippen LogP contribution in [-0.2, 0) is 9.53 Å². The van der Waals surface area contributed by atoms with Gasteiger partial charge in [0, 0.05) is 24.3 Å². The minimum atomic E-state index is -0.454. The first-order valence-corrected chi connectivity index (χ1v) is 11.2. The lowest BCUT2D eigenvalue weighted by Crippen LogP contribution is -2.44. The molecule has 156 valence electrons. The van der Waals surface area contributed by atoms with Crippen molar-refractivity contribution < 1.29 is 9.53 Å². The molecule has 3 aromatic carbocycles. The summed E-state index contributed by atoms with van der Waals surface area (Å²) in [5, 5.41) is 4.45. The van der Waals surface area contributed by atoms with Crippen LogP contribution in [0.25, 0.3) is 20.8 Å². The second-order valence-corrected chi connectivity index (χ2v) is 8.52. The summed E-state index contributed by atoms with van der Waals surface area (Å²) in [4.78, 5) is 20.0. The molecular formula is C25H23N3O2S. The third-order valence-electron chi connectivity index (χ3n) is 5.42. The fourth-order valence-corrected chi connectivity index (χ4v) is 4.77. The van der Waals surface area contributed by atoms with Crippen LogP contribution >= 0.6 is 11.3 Å². The Morgan fingerprint density at radius 3 is 2.55 bits per heavy atom. The van der Waals surface area contributed by atoms with Crippen molar-refractivity contribution in [2.24, 2.45) is 0 Å². The molecule has 4 aromatic rings. The number of morpholine rings is 1. The molecule has 1 aromatic heterocycles. The van der Waals surface area contributed by atoms with Gasteiger partial charge in [-0.3, -0.25) is 4.79 Å². The first-order chi connectivity index (χ1) is 15.3. The minimum absolute atomic E-state index is 0.0693. The van der Waals surface area contributed by atoms with Crippen LogP contribution < -0.4 is 5.32 Å². The molecule has 1 amide bonds. The number of carbonyl (C=O) groups excluding carboxylic acids is 1. The number of para-hydroxylation sites is 1. The molecule has 1 aliphatic rings. The first kappa shape index (κ1) is 19.7. The summed E-state index contributed by atoms with van der Waals surface area (Å²) >= 11 is 1.68. The lowest BCUT2D eigenvalue weighted by molar-refractivity contribution is -0.136. The largest absolute Gasteiger partial charge is 0.378 e. The van der Waals surface area contributed by atoms with E-state index < -0.39 is 6.04 Å². The number of nitrogens with one attached hydrogen (secondary N) is 1. The van der Waals surface area contributed by atoms with E-state index in [-0.39, 0.29) is 5.91 Å². The SMILES string of the molecule is O=C([C@@H](Nc1cccc(-c2nc3ccccc3s2)c1)c1ccccc1)N1CCOCC1. The molecule has 6 heteroatoms. The number of fused-ring (bicyclic) bond motifs is 1. The predicted octanol–water partition coefficient (Wildman–Crippen LogP) is 4.98. The molecule has 1 aliphatic heterocycles. The summed E-state index contributed by atoms with van der Waals surface area (Å²) in [7, 11) is 0. The van der Waals surface area contributed by atoms with Gasteiger partial charge in [0.05, 0.1) is 23.4 Å². The highest BCUT2D eigenvalue weighted by atomic mass is 32.1. The van der Waals surface area contributed by atoms with E-state index in [2.05, 4.69) is 23.5 Å². The Hall–Kier alpha value is -3.22. The molecule has 0 saturated carbocycles. The molecule has 5 rings (SSSR count). The highest BCUT2D eigenvalue weighted by Gasteiger charge is 2.27. The van der Waals surface area contributed by atoms with E-state index in [1.54, 1.807) is 11.3 Å². The van der Waals surface area contributed by atoms with Gasteiger partial charge in [0.1, 0.15) is 11.0 Å². The van der Waals surface area contributed by atoms with Crippen LogP contribution in [0.15, 0.2) is 78.9 Å². The van der Waals surface area contributed by atoms with Crippen molar-refractivity contribution in [1.29, 1.82) is 0 Å². The van der Waals surface area contributed by atoms with Crippen LogP contribution in [-0.4, -0.2) is 42.1 Å². The number of aromatic nitrogens is 1. The Kier molecular flexibility index (Phi) is 5.65. The summed E-state index contributed by atoms with van der Waals surface area (Å²) in [6.07, 6.45) is 0. The number of anilines is 1. The molecule has 0 unspecified atom stereocenters. The maximum Gasteiger partial charge on any atom is 0.249 e. The summed E-state index contributed by atoms with van der Waals surface area (Å²) in [6.45, 7) is 2.41. The third-order valence-corrected chi connectivity index (χ3v) is 6.50. The molecule has 5 nitrogen and oxygen atoms in total. The molecule has 1 saturated heterocycles. The van der Waals surface area contributed by atoms with Crippen LogP contribution in [0.5, 0.6) is 0 Å². The van der Waals surface area contributed by atoms with Gasteiger partial charge in [-0.15, -0.1) is 11.3 Å². The van der Waals surface area contributed by atoms with Crippen LogP contribution in [0.3, 0.4) is 0 Å². The van der Waals surface area contributed by atoms with Gasteiger partial charge in [0.25, 0.3) is 0 Å². The number of carbonyl (C=O) groups is 1. The molecule has 0 aliphatic carbocycles. The number of rotatable bonds is 5. The van der Waals surface area contributed by atoms with Crippen LogP contribution in [0.4, 0.5) is 5.69 Å². The Labute approximate surface area is 185 Å². The van der Waals surface area contributed by atoms with Gasteiger partial charge in [-0.2, -0.15) is 0 Å². The van der Waals surface area contributed by atoms with Crippen molar-refractivity contribution in [3.8, 4) is 10.6 Å². The molecule has 0 bridgehead atoms. The highest BCUT2D eigenvalue weighted by molar-refractivity contribution is 7.21. The van der Waals surface area contributed by atoms with Crippen molar-refractivity contribution in [1.82, 2.24) is 9.88 Å². The molecule has 0 spiro atoms. The number of hydrogen-bond acceptors (Lipinski definition) is 5. The quantitative estimate of drug-likeness (QED) is 0.486. The van der Waals surface area contributed by atoms with E-state index in [9.17, 15) is 4.79 Å². The Balaban J connectivity index is 1.45. The number of benzene rings is 3. The van der Waals surface area contributed by atoms with E-state index in [0.717, 1.165) is 27.3 Å². The number of ether oxygens (including phenoxy) is 1. The van der Waals surface area contributed by atoms with Gasteiger partial charge in [0.2, 0.25) is 5.91 Å². The van der Waals surface area contributed by atoms with E-state index >= 15 is 0 Å². The van der Waals surface area contributed by atoms with E-state index in [1.165, 1.54) is 4.70 Å². The van der Waals surface area contributed by atoms with Crippen molar-refractivity contribution in [3.05, 3.63) is 84.4 Å². The maximum absolute atomic E-state index is 13.4. The number of amides is 1. The van der Waals surface area contributed by atoms with Crippen molar-refractivity contribution in [3.63, 3.8) is 0 Å². The lowest BCUT2D eigenvalue weighted by atomic mass is 10.0. The molecule has 1 N–H and O–H groups in total. The zero-order valence-electron chi connectivity index (χ0n) is 17.0. The molecular weight excluding hydrogens is 406 g/mol.